The van der Waals surface area contributed by atoms with Crippen LogP contribution in [0.4, 0.5) is 0 Å². The minimum Gasteiger partial charge on any atom is -0.381 e. The van der Waals surface area contributed by atoms with E-state index in [0.717, 1.165) is 12.0 Å². The van der Waals surface area contributed by atoms with E-state index in [9.17, 15) is 0 Å². The van der Waals surface area contributed by atoms with Crippen LogP contribution in [0.15, 0.2) is 0 Å². The van der Waals surface area contributed by atoms with Gasteiger partial charge in [0.1, 0.15) is 0 Å². The van der Waals surface area contributed by atoms with Crippen LogP contribution in [0.3, 0.4) is 0 Å². The summed E-state index contributed by atoms with van der Waals surface area (Å²) >= 11 is 0. The highest BCUT2D eigenvalue weighted by Crippen LogP contribution is 2.21. The zero-order valence-electron chi connectivity index (χ0n) is 9.33. The van der Waals surface area contributed by atoms with Crippen LogP contribution in [0.25, 0.3) is 0 Å². The number of nitrogens with zero attached hydrogens (tertiary/aromatic N) is 1. The molecule has 0 amide bonds. The normalized spacial score (nSPS) is 36.4. The van der Waals surface area contributed by atoms with Gasteiger partial charge in [0.25, 0.3) is 0 Å². The first kappa shape index (κ1) is 10.4. The van der Waals surface area contributed by atoms with Crippen molar-refractivity contribution in [3.63, 3.8) is 0 Å². The summed E-state index contributed by atoms with van der Waals surface area (Å²) in [6.45, 7) is 7.16. The van der Waals surface area contributed by atoms with Crippen LogP contribution in [0, 0.1) is 5.92 Å². The number of piperidine rings is 1. The Morgan fingerprint density at radius 3 is 2.43 bits per heavy atom. The lowest BCUT2D eigenvalue weighted by atomic mass is 10.00. The zero-order chi connectivity index (χ0) is 9.97. The second-order valence-corrected chi connectivity index (χ2v) is 4.67. The molecule has 1 N–H and O–H groups in total. The molecule has 2 saturated heterocycles. The highest BCUT2D eigenvalue weighted by molar-refractivity contribution is 4.88. The number of hydrogen-bond donors (Lipinski definition) is 1. The van der Waals surface area contributed by atoms with Gasteiger partial charge < -0.3 is 10.1 Å². The lowest BCUT2D eigenvalue weighted by Gasteiger charge is -2.36. The van der Waals surface area contributed by atoms with Crippen molar-refractivity contribution < 1.29 is 4.74 Å². The van der Waals surface area contributed by atoms with E-state index < -0.39 is 0 Å². The topological polar surface area (TPSA) is 24.5 Å². The first-order valence-corrected chi connectivity index (χ1v) is 5.79. The Kier molecular flexibility index (Phi) is 3.42. The molecular formula is C11H22N2O. The molecule has 0 aromatic heterocycles. The largest absolute Gasteiger partial charge is 0.381 e. The summed E-state index contributed by atoms with van der Waals surface area (Å²) in [5.41, 5.74) is 0. The highest BCUT2D eigenvalue weighted by Gasteiger charge is 2.31. The molecule has 0 radical (unpaired) electrons. The van der Waals surface area contributed by atoms with Gasteiger partial charge >= 0.3 is 0 Å². The average molecular weight is 198 g/mol. The lowest BCUT2D eigenvalue weighted by Crippen LogP contribution is -2.46. The smallest absolute Gasteiger partial charge is 0.0595 e. The van der Waals surface area contributed by atoms with Gasteiger partial charge in [-0.2, -0.15) is 0 Å². The van der Waals surface area contributed by atoms with Gasteiger partial charge in [-0.25, -0.2) is 0 Å². The van der Waals surface area contributed by atoms with E-state index in [1.54, 1.807) is 0 Å². The van der Waals surface area contributed by atoms with Crippen molar-refractivity contribution in [2.75, 3.05) is 33.3 Å². The first-order chi connectivity index (χ1) is 6.81. The molecule has 2 aliphatic rings. The van der Waals surface area contributed by atoms with E-state index in [1.807, 2.05) is 7.11 Å². The highest BCUT2D eigenvalue weighted by atomic mass is 16.5. The van der Waals surface area contributed by atoms with E-state index in [-0.39, 0.29) is 0 Å². The van der Waals surface area contributed by atoms with Crippen molar-refractivity contribution in [2.24, 2.45) is 5.92 Å². The maximum Gasteiger partial charge on any atom is 0.0595 e. The molecule has 3 heteroatoms. The van der Waals surface area contributed by atoms with Gasteiger partial charge in [0, 0.05) is 32.8 Å². The minimum absolute atomic E-state index is 0.510. The summed E-state index contributed by atoms with van der Waals surface area (Å²) in [6, 6.07) is 0.771. The summed E-state index contributed by atoms with van der Waals surface area (Å²) < 4.78 is 5.39. The minimum atomic E-state index is 0.510. The predicted molar refractivity (Wildman–Crippen MR) is 57.4 cm³/mol. The van der Waals surface area contributed by atoms with Gasteiger partial charge in [-0.1, -0.05) is 6.92 Å². The average Bonchev–Trinajstić information content (AvgIpc) is 2.65. The van der Waals surface area contributed by atoms with Gasteiger partial charge in [0.2, 0.25) is 0 Å². The van der Waals surface area contributed by atoms with Gasteiger partial charge in [0.05, 0.1) is 6.10 Å². The fourth-order valence-corrected chi connectivity index (χ4v) is 2.73. The predicted octanol–water partition coefficient (Wildman–Crippen LogP) is 0.705. The van der Waals surface area contributed by atoms with E-state index >= 15 is 0 Å². The number of ether oxygens (including phenoxy) is 1. The van der Waals surface area contributed by atoms with Gasteiger partial charge in [0.15, 0.2) is 0 Å². The molecule has 0 aromatic carbocycles. The molecule has 2 heterocycles. The van der Waals surface area contributed by atoms with Crippen LogP contribution in [-0.4, -0.2) is 50.3 Å². The van der Waals surface area contributed by atoms with Crippen LogP contribution in [0.1, 0.15) is 19.8 Å². The van der Waals surface area contributed by atoms with Crippen LogP contribution < -0.4 is 5.32 Å². The molecule has 0 spiro atoms. The Morgan fingerprint density at radius 2 is 1.93 bits per heavy atom. The molecule has 2 unspecified atom stereocenters. The van der Waals surface area contributed by atoms with Gasteiger partial charge in [-0.15, -0.1) is 0 Å². The van der Waals surface area contributed by atoms with Crippen molar-refractivity contribution in [3.8, 4) is 0 Å². The van der Waals surface area contributed by atoms with Crippen molar-refractivity contribution in [3.05, 3.63) is 0 Å². The first-order valence-electron chi connectivity index (χ1n) is 5.79. The van der Waals surface area contributed by atoms with Crippen molar-refractivity contribution in [1.82, 2.24) is 10.2 Å². The molecule has 14 heavy (non-hydrogen) atoms. The van der Waals surface area contributed by atoms with Gasteiger partial charge in [-0.05, 0) is 25.3 Å². The summed E-state index contributed by atoms with van der Waals surface area (Å²) in [7, 11) is 1.83. The van der Waals surface area contributed by atoms with E-state index in [2.05, 4.69) is 17.1 Å². The Morgan fingerprint density at radius 1 is 1.21 bits per heavy atom. The molecule has 0 aromatic rings. The van der Waals surface area contributed by atoms with Crippen LogP contribution >= 0.6 is 0 Å². The van der Waals surface area contributed by atoms with Crippen LogP contribution in [0.5, 0.6) is 0 Å². The van der Waals surface area contributed by atoms with Gasteiger partial charge in [-0.3, -0.25) is 4.90 Å². The molecule has 2 atom stereocenters. The Bertz CT molecular complexity index is 178. The number of likely N-dealkylation sites (tertiary alicyclic amines) is 1. The quantitative estimate of drug-likeness (QED) is 0.707. The van der Waals surface area contributed by atoms with E-state index in [0.29, 0.717) is 6.10 Å². The fraction of sp³-hybridized carbons (Fsp3) is 1.00. The lowest BCUT2D eigenvalue weighted by molar-refractivity contribution is 0.0246. The molecule has 0 aliphatic carbocycles. The summed E-state index contributed by atoms with van der Waals surface area (Å²) in [5, 5.41) is 3.47. The standard InChI is InChI=1S/C11H22N2O/c1-9-7-12-8-11(9)13-5-3-10(14-2)4-6-13/h9-12H,3-8H2,1-2H3. The third-order valence-electron chi connectivity index (χ3n) is 3.76. The SMILES string of the molecule is COC1CCN(C2CNCC2C)CC1. The second-order valence-electron chi connectivity index (χ2n) is 4.67. The molecule has 0 bridgehead atoms. The monoisotopic (exact) mass is 198 g/mol. The summed E-state index contributed by atoms with van der Waals surface area (Å²) in [4.78, 5) is 2.64. The third-order valence-corrected chi connectivity index (χ3v) is 3.76. The summed E-state index contributed by atoms with van der Waals surface area (Å²) in [6.07, 6.45) is 2.93. The van der Waals surface area contributed by atoms with Crippen molar-refractivity contribution in [2.45, 2.75) is 31.9 Å². The molecule has 0 saturated carbocycles. The maximum atomic E-state index is 5.39. The molecule has 82 valence electrons. The Labute approximate surface area is 86.8 Å². The number of rotatable bonds is 2. The Balaban J connectivity index is 1.82. The number of hydrogen-bond acceptors (Lipinski definition) is 3. The Hall–Kier alpha value is -0.120. The summed E-state index contributed by atoms with van der Waals surface area (Å²) in [5.74, 6) is 0.814. The maximum absolute atomic E-state index is 5.39. The van der Waals surface area contributed by atoms with E-state index in [4.69, 9.17) is 4.74 Å². The molecular weight excluding hydrogens is 176 g/mol. The van der Waals surface area contributed by atoms with Crippen molar-refractivity contribution in [1.29, 1.82) is 0 Å². The second kappa shape index (κ2) is 4.60. The fourth-order valence-electron chi connectivity index (χ4n) is 2.73. The molecule has 2 fully saturated rings. The van der Waals surface area contributed by atoms with E-state index in [1.165, 1.54) is 39.0 Å². The molecule has 2 aliphatic heterocycles. The van der Waals surface area contributed by atoms with Crippen LogP contribution in [-0.2, 0) is 4.74 Å². The zero-order valence-corrected chi connectivity index (χ0v) is 9.33. The molecule has 2 rings (SSSR count). The number of methoxy groups -OCH3 is 1. The van der Waals surface area contributed by atoms with Crippen molar-refractivity contribution >= 4 is 0 Å². The number of nitrogens with one attached hydrogen (secondary N) is 1. The van der Waals surface area contributed by atoms with Crippen LogP contribution in [0.2, 0.25) is 0 Å². The molecule has 3 nitrogen and oxygen atoms in total. The third kappa shape index (κ3) is 2.10.